The fourth-order valence-electron chi connectivity index (χ4n) is 2.81. The number of carbonyl (C=O) groups excluding carboxylic acids is 2. The van der Waals surface area contributed by atoms with Crippen molar-refractivity contribution in [2.45, 2.75) is 115 Å². The first-order chi connectivity index (χ1) is 13.9. The van der Waals surface area contributed by atoms with Gasteiger partial charge in [-0.05, 0) is 6.42 Å². The zero-order valence-electron chi connectivity index (χ0n) is 17.3. The minimum atomic E-state index is -6.66. The molecule has 0 fully saturated rings. The zero-order chi connectivity index (χ0) is 23.3. The second-order valence-corrected chi connectivity index (χ2v) is 7.40. The van der Waals surface area contributed by atoms with Gasteiger partial charge in [-0.3, -0.25) is 4.79 Å². The van der Waals surface area contributed by atoms with E-state index >= 15 is 0 Å². The average molecular weight is 452 g/mol. The Hall–Kier alpha value is -1.35. The molecular weight excluding hydrogens is 421 g/mol. The third kappa shape index (κ3) is 10.1. The van der Waals surface area contributed by atoms with E-state index in [4.69, 9.17) is 0 Å². The molecule has 0 radical (unpaired) electrons. The number of ether oxygens (including phenoxy) is 1. The molecule has 0 rings (SSSR count). The van der Waals surface area contributed by atoms with Gasteiger partial charge in [0.15, 0.2) is 0 Å². The third-order valence-corrected chi connectivity index (χ3v) is 4.70. The van der Waals surface area contributed by atoms with Crippen LogP contribution in [0.5, 0.6) is 0 Å². The normalized spacial score (nSPS) is 12.8. The van der Waals surface area contributed by atoms with E-state index in [0.29, 0.717) is 6.42 Å². The molecule has 30 heavy (non-hydrogen) atoms. The van der Waals surface area contributed by atoms with Crippen molar-refractivity contribution in [3.63, 3.8) is 0 Å². The summed E-state index contributed by atoms with van der Waals surface area (Å²) in [5.41, 5.74) is 0. The molecule has 0 aliphatic carbocycles. The summed E-state index contributed by atoms with van der Waals surface area (Å²) in [6, 6.07) is 0. The van der Waals surface area contributed by atoms with E-state index in [-0.39, 0.29) is 6.42 Å². The van der Waals surface area contributed by atoms with E-state index < -0.39 is 36.4 Å². The molecule has 3 nitrogen and oxygen atoms in total. The molecule has 0 amide bonds. The first kappa shape index (κ1) is 28.6. The molecular formula is C20H31F7O3. The summed E-state index contributed by atoms with van der Waals surface area (Å²) in [6.45, 7) is 2.17. The quantitative estimate of drug-likeness (QED) is 0.106. The highest BCUT2D eigenvalue weighted by molar-refractivity contribution is 5.90. The fraction of sp³-hybridized carbons (Fsp3) is 0.900. The van der Waals surface area contributed by atoms with E-state index in [9.17, 15) is 40.3 Å². The molecule has 0 spiro atoms. The average Bonchev–Trinajstić information content (AvgIpc) is 2.64. The first-order valence-corrected chi connectivity index (χ1v) is 10.5. The fourth-order valence-corrected chi connectivity index (χ4v) is 2.81. The summed E-state index contributed by atoms with van der Waals surface area (Å²) >= 11 is 0. The molecule has 0 aliphatic rings. The number of halogens is 7. The van der Waals surface area contributed by atoms with Gasteiger partial charge in [-0.1, -0.05) is 84.0 Å². The van der Waals surface area contributed by atoms with Crippen LogP contribution in [0.15, 0.2) is 0 Å². The maximum Gasteiger partial charge on any atom is 0.460 e. The van der Waals surface area contributed by atoms with Gasteiger partial charge in [0.1, 0.15) is 0 Å². The van der Waals surface area contributed by atoms with Gasteiger partial charge >= 0.3 is 30.0 Å². The Balaban J connectivity index is 3.87. The van der Waals surface area contributed by atoms with Crippen molar-refractivity contribution < 1.29 is 45.1 Å². The predicted molar refractivity (Wildman–Crippen MR) is 97.4 cm³/mol. The number of esters is 2. The van der Waals surface area contributed by atoms with Crippen molar-refractivity contribution in [3.05, 3.63) is 0 Å². The lowest BCUT2D eigenvalue weighted by Crippen LogP contribution is -2.57. The highest BCUT2D eigenvalue weighted by Gasteiger charge is 2.77. The lowest BCUT2D eigenvalue weighted by atomic mass is 10.0. The van der Waals surface area contributed by atoms with Gasteiger partial charge in [-0.2, -0.15) is 30.7 Å². The molecule has 0 heterocycles. The Morgan fingerprint density at radius 2 is 1.00 bits per heavy atom. The minimum Gasteiger partial charge on any atom is -0.388 e. The van der Waals surface area contributed by atoms with Crippen molar-refractivity contribution in [3.8, 4) is 0 Å². The highest BCUT2D eigenvalue weighted by atomic mass is 19.4. The van der Waals surface area contributed by atoms with Gasteiger partial charge in [-0.25, -0.2) is 4.79 Å². The first-order valence-electron chi connectivity index (χ1n) is 10.5. The van der Waals surface area contributed by atoms with E-state index in [2.05, 4.69) is 11.7 Å². The molecule has 0 N–H and O–H groups in total. The smallest absolute Gasteiger partial charge is 0.388 e. The number of rotatable bonds is 16. The highest BCUT2D eigenvalue weighted by Crippen LogP contribution is 2.47. The Morgan fingerprint density at radius 1 is 0.633 bits per heavy atom. The summed E-state index contributed by atoms with van der Waals surface area (Å²) < 4.78 is 90.9. The molecule has 0 aromatic heterocycles. The summed E-state index contributed by atoms with van der Waals surface area (Å²) in [7, 11) is 0. The van der Waals surface area contributed by atoms with Crippen LogP contribution in [0.3, 0.4) is 0 Å². The lowest BCUT2D eigenvalue weighted by Gasteiger charge is -2.25. The molecule has 0 unspecified atom stereocenters. The van der Waals surface area contributed by atoms with Crippen LogP contribution in [0.4, 0.5) is 30.7 Å². The van der Waals surface area contributed by atoms with Crippen LogP contribution in [0.1, 0.15) is 96.8 Å². The van der Waals surface area contributed by atoms with Crippen LogP contribution in [0, 0.1) is 0 Å². The monoisotopic (exact) mass is 452 g/mol. The second-order valence-electron chi connectivity index (χ2n) is 7.40. The molecule has 0 bridgehead atoms. The number of hydrogen-bond donors (Lipinski definition) is 0. The van der Waals surface area contributed by atoms with E-state index in [1.165, 1.54) is 38.5 Å². The maximum atomic E-state index is 13.0. The molecule has 178 valence electrons. The van der Waals surface area contributed by atoms with Crippen LogP contribution in [-0.4, -0.2) is 30.0 Å². The van der Waals surface area contributed by atoms with Crippen molar-refractivity contribution in [2.75, 3.05) is 0 Å². The summed E-state index contributed by atoms with van der Waals surface area (Å²) in [6.07, 6.45) is 5.85. The van der Waals surface area contributed by atoms with Gasteiger partial charge in [0.05, 0.1) is 0 Å². The van der Waals surface area contributed by atoms with Gasteiger partial charge in [-0.15, -0.1) is 0 Å². The topological polar surface area (TPSA) is 43.4 Å². The van der Waals surface area contributed by atoms with Crippen molar-refractivity contribution >= 4 is 11.9 Å². The van der Waals surface area contributed by atoms with Crippen LogP contribution in [0.25, 0.3) is 0 Å². The van der Waals surface area contributed by atoms with E-state index in [0.717, 1.165) is 32.1 Å². The standard InChI is InChI=1S/C20H31F7O3/c1-2-3-4-5-6-7-8-9-10-11-12-13-14-15-16(28)30-17(29)18(21,22)19(23,24)20(25,26)27/h2-15H2,1H3. The molecule has 0 aliphatic heterocycles. The SMILES string of the molecule is CCCCCCCCCCCCCCCC(=O)OC(=O)C(F)(F)C(F)(F)C(F)(F)F. The summed E-state index contributed by atoms with van der Waals surface area (Å²) in [5.74, 6) is -17.6. The molecule has 0 saturated carbocycles. The van der Waals surface area contributed by atoms with Gasteiger partial charge in [0.2, 0.25) is 0 Å². The predicted octanol–water partition coefficient (Wildman–Crippen LogP) is 7.37. The molecule has 0 saturated heterocycles. The largest absolute Gasteiger partial charge is 0.460 e. The minimum absolute atomic E-state index is 0.158. The Labute approximate surface area is 172 Å². The lowest BCUT2D eigenvalue weighted by molar-refractivity contribution is -0.347. The number of carbonyl (C=O) groups is 2. The van der Waals surface area contributed by atoms with Crippen molar-refractivity contribution in [2.24, 2.45) is 0 Å². The van der Waals surface area contributed by atoms with E-state index in [1.54, 1.807) is 0 Å². The van der Waals surface area contributed by atoms with Crippen molar-refractivity contribution in [1.82, 2.24) is 0 Å². The summed E-state index contributed by atoms with van der Waals surface area (Å²) in [5, 5.41) is 0. The molecule has 10 heteroatoms. The van der Waals surface area contributed by atoms with Gasteiger partial charge in [0, 0.05) is 6.42 Å². The molecule has 0 atom stereocenters. The Morgan fingerprint density at radius 3 is 1.37 bits per heavy atom. The zero-order valence-corrected chi connectivity index (χ0v) is 17.3. The summed E-state index contributed by atoms with van der Waals surface area (Å²) in [4.78, 5) is 22.2. The second kappa shape index (κ2) is 13.9. The Bertz CT molecular complexity index is 505. The van der Waals surface area contributed by atoms with Crippen LogP contribution in [0.2, 0.25) is 0 Å². The van der Waals surface area contributed by atoms with Crippen molar-refractivity contribution in [1.29, 1.82) is 0 Å². The number of alkyl halides is 7. The number of unbranched alkanes of at least 4 members (excludes halogenated alkanes) is 12. The molecule has 0 aromatic carbocycles. The Kier molecular flexibility index (Phi) is 13.2. The van der Waals surface area contributed by atoms with Crippen LogP contribution >= 0.6 is 0 Å². The van der Waals surface area contributed by atoms with Crippen LogP contribution in [-0.2, 0) is 14.3 Å². The maximum absolute atomic E-state index is 13.0. The van der Waals surface area contributed by atoms with E-state index in [1.807, 2.05) is 0 Å². The van der Waals surface area contributed by atoms with Gasteiger partial charge < -0.3 is 4.74 Å². The van der Waals surface area contributed by atoms with Crippen LogP contribution < -0.4 is 0 Å². The third-order valence-electron chi connectivity index (χ3n) is 4.70. The van der Waals surface area contributed by atoms with Gasteiger partial charge in [0.25, 0.3) is 0 Å². The number of hydrogen-bond acceptors (Lipinski definition) is 3. The molecule has 0 aromatic rings.